The van der Waals surface area contributed by atoms with Crippen molar-refractivity contribution in [3.63, 3.8) is 0 Å². The van der Waals surface area contributed by atoms with Crippen LogP contribution in [0.15, 0.2) is 18.2 Å². The molecule has 0 aromatic heterocycles. The second kappa shape index (κ2) is 7.46. The Bertz CT molecular complexity index is 392. The molecule has 1 fully saturated rings. The molecule has 2 N–H and O–H groups in total. The van der Waals surface area contributed by atoms with Crippen molar-refractivity contribution in [2.24, 2.45) is 5.92 Å². The van der Waals surface area contributed by atoms with Gasteiger partial charge in [-0.3, -0.25) is 0 Å². The summed E-state index contributed by atoms with van der Waals surface area (Å²) in [6.45, 7) is 6.27. The number of ether oxygens (including phenoxy) is 1. The van der Waals surface area contributed by atoms with Crippen molar-refractivity contribution >= 4 is 0 Å². The molecule has 1 aliphatic heterocycles. The number of hydrogen-bond acceptors (Lipinski definition) is 3. The molecule has 1 unspecified atom stereocenters. The second-order valence-electron chi connectivity index (χ2n) is 5.04. The Morgan fingerprint density at radius 3 is 3.05 bits per heavy atom. The molecule has 0 spiro atoms. The zero-order chi connectivity index (χ0) is 13.5. The van der Waals surface area contributed by atoms with E-state index >= 15 is 0 Å². The molecular formula is C15H23FN2O. The van der Waals surface area contributed by atoms with Crippen LogP contribution in [0.5, 0.6) is 5.75 Å². The maximum atomic E-state index is 13.7. The highest BCUT2D eigenvalue weighted by molar-refractivity contribution is 5.29. The van der Waals surface area contributed by atoms with Crippen LogP contribution in [-0.2, 0) is 6.54 Å². The fourth-order valence-electron chi connectivity index (χ4n) is 2.45. The van der Waals surface area contributed by atoms with E-state index in [0.29, 0.717) is 24.8 Å². The van der Waals surface area contributed by atoms with Gasteiger partial charge in [0.2, 0.25) is 0 Å². The highest BCUT2D eigenvalue weighted by atomic mass is 19.1. The molecule has 2 rings (SSSR count). The van der Waals surface area contributed by atoms with Crippen LogP contribution < -0.4 is 15.4 Å². The molecule has 1 heterocycles. The molecule has 1 aromatic rings. The highest BCUT2D eigenvalue weighted by Crippen LogP contribution is 2.18. The van der Waals surface area contributed by atoms with Gasteiger partial charge in [-0.05, 0) is 63.0 Å². The van der Waals surface area contributed by atoms with E-state index in [0.717, 1.165) is 25.2 Å². The topological polar surface area (TPSA) is 33.3 Å². The molecule has 0 aliphatic carbocycles. The number of rotatable bonds is 6. The average molecular weight is 266 g/mol. The van der Waals surface area contributed by atoms with Crippen molar-refractivity contribution in [1.82, 2.24) is 10.6 Å². The van der Waals surface area contributed by atoms with Crippen LogP contribution in [0.2, 0.25) is 0 Å². The summed E-state index contributed by atoms with van der Waals surface area (Å²) < 4.78 is 18.8. The SMILES string of the molecule is CCOc1ccc(CNCC2CCCNC2)cc1F. The summed E-state index contributed by atoms with van der Waals surface area (Å²) in [5.74, 6) is 0.754. The lowest BCUT2D eigenvalue weighted by atomic mass is 10.00. The van der Waals surface area contributed by atoms with Crippen molar-refractivity contribution in [1.29, 1.82) is 0 Å². The number of hydrogen-bond donors (Lipinski definition) is 2. The molecule has 1 aromatic carbocycles. The van der Waals surface area contributed by atoms with Gasteiger partial charge in [-0.2, -0.15) is 0 Å². The lowest BCUT2D eigenvalue weighted by molar-refractivity contribution is 0.321. The third-order valence-electron chi connectivity index (χ3n) is 3.46. The van der Waals surface area contributed by atoms with Gasteiger partial charge in [0.15, 0.2) is 11.6 Å². The number of halogens is 1. The van der Waals surface area contributed by atoms with E-state index < -0.39 is 0 Å². The quantitative estimate of drug-likeness (QED) is 0.829. The molecule has 1 atom stereocenters. The van der Waals surface area contributed by atoms with Crippen LogP contribution in [0.4, 0.5) is 4.39 Å². The largest absolute Gasteiger partial charge is 0.491 e. The Morgan fingerprint density at radius 2 is 2.37 bits per heavy atom. The molecule has 4 heteroatoms. The minimum atomic E-state index is -0.277. The van der Waals surface area contributed by atoms with Gasteiger partial charge < -0.3 is 15.4 Å². The summed E-state index contributed by atoms with van der Waals surface area (Å²) in [5.41, 5.74) is 0.963. The van der Waals surface area contributed by atoms with Crippen molar-refractivity contribution in [2.75, 3.05) is 26.2 Å². The lowest BCUT2D eigenvalue weighted by Crippen LogP contribution is -2.35. The minimum absolute atomic E-state index is 0.277. The molecule has 0 saturated carbocycles. The molecule has 19 heavy (non-hydrogen) atoms. The van der Waals surface area contributed by atoms with Crippen LogP contribution in [0.3, 0.4) is 0 Å². The molecule has 3 nitrogen and oxygen atoms in total. The van der Waals surface area contributed by atoms with Crippen LogP contribution in [0, 0.1) is 11.7 Å². The monoisotopic (exact) mass is 266 g/mol. The molecule has 0 radical (unpaired) electrons. The van der Waals surface area contributed by atoms with Gasteiger partial charge in [0.1, 0.15) is 0 Å². The first kappa shape index (κ1) is 14.3. The minimum Gasteiger partial charge on any atom is -0.491 e. The highest BCUT2D eigenvalue weighted by Gasteiger charge is 2.12. The zero-order valence-electron chi connectivity index (χ0n) is 11.5. The maximum Gasteiger partial charge on any atom is 0.165 e. The van der Waals surface area contributed by atoms with Crippen LogP contribution in [0.25, 0.3) is 0 Å². The first-order valence-electron chi connectivity index (χ1n) is 7.12. The first-order valence-corrected chi connectivity index (χ1v) is 7.12. The van der Waals surface area contributed by atoms with Crippen molar-refractivity contribution in [2.45, 2.75) is 26.3 Å². The molecule has 1 aliphatic rings. The molecule has 0 amide bonds. The van der Waals surface area contributed by atoms with Gasteiger partial charge in [-0.15, -0.1) is 0 Å². The Hall–Kier alpha value is -1.13. The summed E-state index contributed by atoms with van der Waals surface area (Å²) >= 11 is 0. The van der Waals surface area contributed by atoms with E-state index in [-0.39, 0.29) is 5.82 Å². The fraction of sp³-hybridized carbons (Fsp3) is 0.600. The molecule has 106 valence electrons. The summed E-state index contributed by atoms with van der Waals surface area (Å²) in [4.78, 5) is 0. The van der Waals surface area contributed by atoms with E-state index in [9.17, 15) is 4.39 Å². The maximum absolute atomic E-state index is 13.7. The molecular weight excluding hydrogens is 243 g/mol. The van der Waals surface area contributed by atoms with E-state index in [1.807, 2.05) is 13.0 Å². The predicted octanol–water partition coefficient (Wildman–Crippen LogP) is 2.31. The average Bonchev–Trinajstić information content (AvgIpc) is 2.43. The van der Waals surface area contributed by atoms with E-state index in [1.54, 1.807) is 12.1 Å². The standard InChI is InChI=1S/C15H23FN2O/c1-2-19-15-6-5-12(8-14(15)16)9-18-11-13-4-3-7-17-10-13/h5-6,8,13,17-18H,2-4,7,9-11H2,1H3. The van der Waals surface area contributed by atoms with Gasteiger partial charge in [-0.25, -0.2) is 4.39 Å². The third kappa shape index (κ3) is 4.48. The molecule has 0 bridgehead atoms. The van der Waals surface area contributed by atoms with Crippen molar-refractivity contribution in [3.8, 4) is 5.75 Å². The number of benzene rings is 1. The predicted molar refractivity (Wildman–Crippen MR) is 74.9 cm³/mol. The Balaban J connectivity index is 1.77. The van der Waals surface area contributed by atoms with E-state index in [4.69, 9.17) is 4.74 Å². The Labute approximate surface area is 114 Å². The van der Waals surface area contributed by atoms with Crippen molar-refractivity contribution in [3.05, 3.63) is 29.6 Å². The summed E-state index contributed by atoms with van der Waals surface area (Å²) in [6.07, 6.45) is 2.53. The smallest absolute Gasteiger partial charge is 0.165 e. The Kier molecular flexibility index (Phi) is 5.61. The van der Waals surface area contributed by atoms with Crippen molar-refractivity contribution < 1.29 is 9.13 Å². The van der Waals surface area contributed by atoms with Crippen LogP contribution >= 0.6 is 0 Å². The first-order chi connectivity index (χ1) is 9.29. The fourth-order valence-corrected chi connectivity index (χ4v) is 2.45. The molecule has 1 saturated heterocycles. The van der Waals surface area contributed by atoms with Crippen LogP contribution in [0.1, 0.15) is 25.3 Å². The second-order valence-corrected chi connectivity index (χ2v) is 5.04. The van der Waals surface area contributed by atoms with E-state index in [1.165, 1.54) is 12.8 Å². The summed E-state index contributed by atoms with van der Waals surface area (Å²) in [6, 6.07) is 5.18. The van der Waals surface area contributed by atoms with Gasteiger partial charge in [0, 0.05) is 6.54 Å². The zero-order valence-corrected chi connectivity index (χ0v) is 11.5. The third-order valence-corrected chi connectivity index (χ3v) is 3.46. The van der Waals surface area contributed by atoms with Gasteiger partial charge in [-0.1, -0.05) is 6.07 Å². The lowest BCUT2D eigenvalue weighted by Gasteiger charge is -2.23. The summed E-state index contributed by atoms with van der Waals surface area (Å²) in [5, 5.41) is 6.80. The summed E-state index contributed by atoms with van der Waals surface area (Å²) in [7, 11) is 0. The normalized spacial score (nSPS) is 19.4. The van der Waals surface area contributed by atoms with E-state index in [2.05, 4.69) is 10.6 Å². The number of piperidine rings is 1. The van der Waals surface area contributed by atoms with Crippen LogP contribution in [-0.4, -0.2) is 26.2 Å². The van der Waals surface area contributed by atoms with Gasteiger partial charge >= 0.3 is 0 Å². The van der Waals surface area contributed by atoms with Gasteiger partial charge in [0.25, 0.3) is 0 Å². The number of nitrogens with one attached hydrogen (secondary N) is 2. The van der Waals surface area contributed by atoms with Gasteiger partial charge in [0.05, 0.1) is 6.61 Å². The Morgan fingerprint density at radius 1 is 1.47 bits per heavy atom.